The smallest absolute Gasteiger partial charge is 0.406 e. The Labute approximate surface area is 113 Å². The molecule has 1 heterocycles. The molecule has 0 aliphatic carbocycles. The van der Waals surface area contributed by atoms with Gasteiger partial charge in [0.15, 0.2) is 0 Å². The normalized spacial score (nSPS) is 16.8. The molecule has 1 N–H and O–H groups in total. The van der Waals surface area contributed by atoms with Gasteiger partial charge in [0.1, 0.15) is 5.75 Å². The molecule has 110 valence electrons. The maximum atomic E-state index is 12.1. The van der Waals surface area contributed by atoms with E-state index in [1.54, 1.807) is 0 Å². The fraction of sp³-hybridized carbons (Fsp3) is 0.462. The number of hydrogen-bond acceptors (Lipinski definition) is 3. The van der Waals surface area contributed by atoms with E-state index in [0.717, 1.165) is 6.07 Å². The highest BCUT2D eigenvalue weighted by Gasteiger charge is 2.31. The molecule has 0 radical (unpaired) electrons. The van der Waals surface area contributed by atoms with Crippen molar-refractivity contribution in [2.75, 3.05) is 18.5 Å². The Kier molecular flexibility index (Phi) is 4.49. The van der Waals surface area contributed by atoms with Gasteiger partial charge in [-0.3, -0.25) is 4.79 Å². The molecular weight excluding hydrogens is 275 g/mol. The van der Waals surface area contributed by atoms with E-state index in [0.29, 0.717) is 26.1 Å². The van der Waals surface area contributed by atoms with Gasteiger partial charge in [0.2, 0.25) is 5.91 Å². The number of alkyl halides is 3. The molecule has 20 heavy (non-hydrogen) atoms. The summed E-state index contributed by atoms with van der Waals surface area (Å²) in [6, 6.07) is 5.23. The van der Waals surface area contributed by atoms with Crippen molar-refractivity contribution in [3.8, 4) is 5.75 Å². The molecule has 1 fully saturated rings. The van der Waals surface area contributed by atoms with Gasteiger partial charge in [-0.15, -0.1) is 13.2 Å². The Morgan fingerprint density at radius 1 is 1.30 bits per heavy atom. The summed E-state index contributed by atoms with van der Waals surface area (Å²) in [5.41, 5.74) is 0.281. The lowest BCUT2D eigenvalue weighted by Gasteiger charge is -2.21. The molecule has 1 amide bonds. The van der Waals surface area contributed by atoms with Crippen LogP contribution in [0.4, 0.5) is 18.9 Å². The van der Waals surface area contributed by atoms with Crippen LogP contribution in [-0.2, 0) is 9.53 Å². The molecule has 4 nitrogen and oxygen atoms in total. The van der Waals surface area contributed by atoms with E-state index in [9.17, 15) is 18.0 Å². The number of carbonyl (C=O) groups is 1. The van der Waals surface area contributed by atoms with Gasteiger partial charge in [0, 0.05) is 30.9 Å². The Hall–Kier alpha value is -1.76. The lowest BCUT2D eigenvalue weighted by atomic mass is 9.99. The first-order valence-corrected chi connectivity index (χ1v) is 6.18. The Balaban J connectivity index is 1.98. The van der Waals surface area contributed by atoms with E-state index in [4.69, 9.17) is 4.74 Å². The second-order valence-corrected chi connectivity index (χ2v) is 4.45. The maximum absolute atomic E-state index is 12.1. The summed E-state index contributed by atoms with van der Waals surface area (Å²) >= 11 is 0. The van der Waals surface area contributed by atoms with Crippen LogP contribution < -0.4 is 10.1 Å². The van der Waals surface area contributed by atoms with Crippen molar-refractivity contribution in [3.05, 3.63) is 24.3 Å². The molecule has 0 unspecified atom stereocenters. The van der Waals surface area contributed by atoms with Crippen LogP contribution in [0.3, 0.4) is 0 Å². The number of anilines is 1. The Bertz CT molecular complexity index is 470. The summed E-state index contributed by atoms with van der Waals surface area (Å²) in [5, 5.41) is 2.60. The molecule has 2 rings (SSSR count). The highest BCUT2D eigenvalue weighted by molar-refractivity contribution is 5.92. The predicted octanol–water partition coefficient (Wildman–Crippen LogP) is 2.95. The number of amides is 1. The van der Waals surface area contributed by atoms with Crippen LogP contribution in [0.1, 0.15) is 12.8 Å². The first-order valence-electron chi connectivity index (χ1n) is 6.18. The van der Waals surface area contributed by atoms with Crippen LogP contribution in [0.25, 0.3) is 0 Å². The van der Waals surface area contributed by atoms with Gasteiger partial charge >= 0.3 is 6.36 Å². The standard InChI is InChI=1S/C13H14F3NO3/c14-13(15,16)20-11-3-1-2-10(8-11)17-12(18)9-4-6-19-7-5-9/h1-3,8-9H,4-7H2,(H,17,18). The average molecular weight is 289 g/mol. The van der Waals surface area contributed by atoms with Gasteiger partial charge in [-0.25, -0.2) is 0 Å². The molecule has 0 spiro atoms. The van der Waals surface area contributed by atoms with E-state index in [1.807, 2.05) is 0 Å². The summed E-state index contributed by atoms with van der Waals surface area (Å²) in [6.07, 6.45) is -3.52. The molecule has 0 bridgehead atoms. The van der Waals surface area contributed by atoms with Gasteiger partial charge in [-0.05, 0) is 25.0 Å². The average Bonchev–Trinajstić information content (AvgIpc) is 2.38. The Morgan fingerprint density at radius 3 is 2.65 bits per heavy atom. The highest BCUT2D eigenvalue weighted by atomic mass is 19.4. The molecule has 1 aromatic carbocycles. The maximum Gasteiger partial charge on any atom is 0.573 e. The first kappa shape index (κ1) is 14.6. The molecule has 0 aromatic heterocycles. The van der Waals surface area contributed by atoms with Gasteiger partial charge in [-0.1, -0.05) is 6.07 Å². The minimum atomic E-state index is -4.75. The summed E-state index contributed by atoms with van der Waals surface area (Å²) in [7, 11) is 0. The second kappa shape index (κ2) is 6.13. The van der Waals surface area contributed by atoms with Crippen molar-refractivity contribution in [1.29, 1.82) is 0 Å². The van der Waals surface area contributed by atoms with Crippen LogP contribution in [0, 0.1) is 5.92 Å². The molecule has 1 aliphatic rings. The first-order chi connectivity index (χ1) is 9.44. The summed E-state index contributed by atoms with van der Waals surface area (Å²) < 4.78 is 45.3. The van der Waals surface area contributed by atoms with Crippen LogP contribution in [0.2, 0.25) is 0 Å². The third-order valence-electron chi connectivity index (χ3n) is 2.93. The summed E-state index contributed by atoms with van der Waals surface area (Å²) in [5.74, 6) is -0.740. The zero-order chi connectivity index (χ0) is 14.6. The topological polar surface area (TPSA) is 47.6 Å². The fourth-order valence-electron chi connectivity index (χ4n) is 1.98. The number of hydrogen-bond donors (Lipinski definition) is 1. The van der Waals surface area contributed by atoms with E-state index in [1.165, 1.54) is 18.2 Å². The quantitative estimate of drug-likeness (QED) is 0.930. The minimum absolute atomic E-state index is 0.170. The molecular formula is C13H14F3NO3. The van der Waals surface area contributed by atoms with Crippen LogP contribution in [-0.4, -0.2) is 25.5 Å². The summed E-state index contributed by atoms with van der Waals surface area (Å²) in [4.78, 5) is 11.9. The fourth-order valence-corrected chi connectivity index (χ4v) is 1.98. The van der Waals surface area contributed by atoms with Gasteiger partial charge < -0.3 is 14.8 Å². The van der Waals surface area contributed by atoms with Crippen molar-refractivity contribution >= 4 is 11.6 Å². The molecule has 1 aliphatic heterocycles. The molecule has 0 saturated carbocycles. The molecule has 1 saturated heterocycles. The minimum Gasteiger partial charge on any atom is -0.406 e. The molecule has 1 aromatic rings. The van der Waals surface area contributed by atoms with E-state index >= 15 is 0 Å². The molecule has 0 atom stereocenters. The van der Waals surface area contributed by atoms with E-state index in [2.05, 4.69) is 10.1 Å². The lowest BCUT2D eigenvalue weighted by Crippen LogP contribution is -2.28. The van der Waals surface area contributed by atoms with Crippen molar-refractivity contribution in [2.45, 2.75) is 19.2 Å². The number of nitrogens with one attached hydrogen (secondary N) is 1. The molecule has 7 heteroatoms. The van der Waals surface area contributed by atoms with Crippen molar-refractivity contribution in [1.82, 2.24) is 0 Å². The number of ether oxygens (including phenoxy) is 2. The lowest BCUT2D eigenvalue weighted by molar-refractivity contribution is -0.274. The number of rotatable bonds is 3. The summed E-state index contributed by atoms with van der Waals surface area (Å²) in [6.45, 7) is 1.05. The van der Waals surface area contributed by atoms with Crippen molar-refractivity contribution in [3.63, 3.8) is 0 Å². The highest BCUT2D eigenvalue weighted by Crippen LogP contribution is 2.25. The van der Waals surface area contributed by atoms with E-state index < -0.39 is 6.36 Å². The Morgan fingerprint density at radius 2 is 2.00 bits per heavy atom. The van der Waals surface area contributed by atoms with E-state index in [-0.39, 0.29) is 23.3 Å². The third kappa shape index (κ3) is 4.41. The van der Waals surface area contributed by atoms with Gasteiger partial charge in [0.25, 0.3) is 0 Å². The number of benzene rings is 1. The number of halogens is 3. The zero-order valence-electron chi connectivity index (χ0n) is 10.6. The van der Waals surface area contributed by atoms with Crippen molar-refractivity contribution < 1.29 is 27.4 Å². The monoisotopic (exact) mass is 289 g/mol. The van der Waals surface area contributed by atoms with Gasteiger partial charge in [0.05, 0.1) is 0 Å². The SMILES string of the molecule is O=C(Nc1cccc(OC(F)(F)F)c1)C1CCOCC1. The predicted molar refractivity (Wildman–Crippen MR) is 65.3 cm³/mol. The second-order valence-electron chi connectivity index (χ2n) is 4.45. The van der Waals surface area contributed by atoms with Crippen LogP contribution in [0.15, 0.2) is 24.3 Å². The van der Waals surface area contributed by atoms with Crippen LogP contribution >= 0.6 is 0 Å². The van der Waals surface area contributed by atoms with Crippen LogP contribution in [0.5, 0.6) is 5.75 Å². The zero-order valence-corrected chi connectivity index (χ0v) is 10.6. The number of carbonyl (C=O) groups excluding carboxylic acids is 1. The largest absolute Gasteiger partial charge is 0.573 e. The van der Waals surface area contributed by atoms with Gasteiger partial charge in [-0.2, -0.15) is 0 Å². The third-order valence-corrected chi connectivity index (χ3v) is 2.93. The van der Waals surface area contributed by atoms with Crippen molar-refractivity contribution in [2.24, 2.45) is 5.92 Å².